The van der Waals surface area contributed by atoms with Crippen molar-refractivity contribution in [3.05, 3.63) is 48.0 Å². The topological polar surface area (TPSA) is 73.9 Å². The summed E-state index contributed by atoms with van der Waals surface area (Å²) in [5.41, 5.74) is 0.823. The van der Waals surface area contributed by atoms with Gasteiger partial charge in [0.2, 0.25) is 10.0 Å². The second kappa shape index (κ2) is 8.03. The van der Waals surface area contributed by atoms with Crippen LogP contribution < -0.4 is 18.9 Å². The Kier molecular flexibility index (Phi) is 6.05. The summed E-state index contributed by atoms with van der Waals surface area (Å²) in [7, 11) is -0.839. The highest BCUT2D eigenvalue weighted by molar-refractivity contribution is 7.89. The van der Waals surface area contributed by atoms with Crippen molar-refractivity contribution in [2.45, 2.75) is 18.4 Å². The normalized spacial score (nSPS) is 11.1. The van der Waals surface area contributed by atoms with Crippen LogP contribution in [0.1, 0.15) is 12.5 Å². The standard InChI is InChI=1S/C17H21NO5S/c1-4-23-14-7-5-13(6-8-14)12-18-24(19,20)17-11-15(21-2)9-10-16(17)22-3/h5-11,18H,4,12H2,1-3H3. The SMILES string of the molecule is CCOc1ccc(CNS(=O)(=O)c2cc(OC)ccc2OC)cc1. The Morgan fingerprint density at radius 3 is 2.21 bits per heavy atom. The van der Waals surface area contributed by atoms with Crippen molar-refractivity contribution in [2.75, 3.05) is 20.8 Å². The number of benzene rings is 2. The van der Waals surface area contributed by atoms with Gasteiger partial charge in [0.1, 0.15) is 22.1 Å². The summed E-state index contributed by atoms with van der Waals surface area (Å²) in [5, 5.41) is 0. The fraction of sp³-hybridized carbons (Fsp3) is 0.294. The lowest BCUT2D eigenvalue weighted by Gasteiger charge is -2.12. The first-order valence-corrected chi connectivity index (χ1v) is 8.92. The Labute approximate surface area is 142 Å². The molecule has 130 valence electrons. The molecule has 0 aliphatic carbocycles. The molecule has 0 aliphatic rings. The van der Waals surface area contributed by atoms with Crippen LogP contribution in [0.25, 0.3) is 0 Å². The number of rotatable bonds is 8. The number of hydrogen-bond acceptors (Lipinski definition) is 5. The molecule has 1 N–H and O–H groups in total. The highest BCUT2D eigenvalue weighted by Crippen LogP contribution is 2.28. The number of methoxy groups -OCH3 is 2. The van der Waals surface area contributed by atoms with E-state index in [1.54, 1.807) is 24.3 Å². The monoisotopic (exact) mass is 351 g/mol. The van der Waals surface area contributed by atoms with E-state index < -0.39 is 10.0 Å². The van der Waals surface area contributed by atoms with Crippen LogP contribution in [0.4, 0.5) is 0 Å². The van der Waals surface area contributed by atoms with Crippen molar-refractivity contribution in [1.29, 1.82) is 0 Å². The van der Waals surface area contributed by atoms with Crippen LogP contribution in [0.3, 0.4) is 0 Å². The number of sulfonamides is 1. The maximum absolute atomic E-state index is 12.6. The molecule has 0 spiro atoms. The third-order valence-corrected chi connectivity index (χ3v) is 4.78. The average molecular weight is 351 g/mol. The van der Waals surface area contributed by atoms with Crippen LogP contribution in [0, 0.1) is 0 Å². The molecule has 2 rings (SSSR count). The molecule has 0 aliphatic heterocycles. The summed E-state index contributed by atoms with van der Waals surface area (Å²) >= 11 is 0. The van der Waals surface area contributed by atoms with E-state index in [2.05, 4.69) is 4.72 Å². The summed E-state index contributed by atoms with van der Waals surface area (Å²) < 4.78 is 43.3. The predicted octanol–water partition coefficient (Wildman–Crippen LogP) is 2.58. The zero-order valence-electron chi connectivity index (χ0n) is 13.9. The largest absolute Gasteiger partial charge is 0.497 e. The number of ether oxygens (including phenoxy) is 3. The van der Waals surface area contributed by atoms with Crippen molar-refractivity contribution >= 4 is 10.0 Å². The molecule has 0 heterocycles. The Morgan fingerprint density at radius 1 is 0.958 bits per heavy atom. The third-order valence-electron chi connectivity index (χ3n) is 3.36. The van der Waals surface area contributed by atoms with Gasteiger partial charge in [-0.2, -0.15) is 0 Å². The van der Waals surface area contributed by atoms with E-state index in [0.29, 0.717) is 12.4 Å². The van der Waals surface area contributed by atoms with Crippen LogP contribution >= 0.6 is 0 Å². The molecular formula is C17H21NO5S. The van der Waals surface area contributed by atoms with E-state index in [9.17, 15) is 8.42 Å². The van der Waals surface area contributed by atoms with Gasteiger partial charge in [-0.15, -0.1) is 0 Å². The van der Waals surface area contributed by atoms with Gasteiger partial charge in [0.15, 0.2) is 0 Å². The van der Waals surface area contributed by atoms with E-state index in [4.69, 9.17) is 14.2 Å². The van der Waals surface area contributed by atoms with Crippen molar-refractivity contribution in [1.82, 2.24) is 4.72 Å². The Bertz CT molecular complexity index is 772. The van der Waals surface area contributed by atoms with Crippen LogP contribution in [0.15, 0.2) is 47.4 Å². The van der Waals surface area contributed by atoms with Crippen molar-refractivity contribution in [2.24, 2.45) is 0 Å². The molecule has 0 saturated heterocycles. The minimum absolute atomic E-state index is 0.0373. The van der Waals surface area contributed by atoms with Gasteiger partial charge in [-0.05, 0) is 36.8 Å². The Hall–Kier alpha value is -2.25. The fourth-order valence-corrected chi connectivity index (χ4v) is 3.32. The van der Waals surface area contributed by atoms with E-state index >= 15 is 0 Å². The molecule has 2 aromatic rings. The van der Waals surface area contributed by atoms with Crippen LogP contribution in [-0.2, 0) is 16.6 Å². The van der Waals surface area contributed by atoms with Crippen LogP contribution in [0.5, 0.6) is 17.2 Å². The second-order valence-electron chi connectivity index (χ2n) is 4.92. The molecule has 7 heteroatoms. The average Bonchev–Trinajstić information content (AvgIpc) is 2.61. The summed E-state index contributed by atoms with van der Waals surface area (Å²) in [6, 6.07) is 11.9. The molecule has 0 aromatic heterocycles. The first-order chi connectivity index (χ1) is 11.5. The molecule has 0 saturated carbocycles. The van der Waals surface area contributed by atoms with E-state index in [1.165, 1.54) is 20.3 Å². The second-order valence-corrected chi connectivity index (χ2v) is 6.65. The molecule has 0 radical (unpaired) electrons. The van der Waals surface area contributed by atoms with Gasteiger partial charge in [-0.3, -0.25) is 0 Å². The fourth-order valence-electron chi connectivity index (χ4n) is 2.12. The van der Waals surface area contributed by atoms with Crippen molar-refractivity contribution in [3.63, 3.8) is 0 Å². The summed E-state index contributed by atoms with van der Waals surface area (Å²) in [5.74, 6) is 1.45. The first-order valence-electron chi connectivity index (χ1n) is 7.43. The molecule has 6 nitrogen and oxygen atoms in total. The maximum atomic E-state index is 12.6. The highest BCUT2D eigenvalue weighted by Gasteiger charge is 2.20. The van der Waals surface area contributed by atoms with E-state index in [-0.39, 0.29) is 17.2 Å². The van der Waals surface area contributed by atoms with Gasteiger partial charge in [0.25, 0.3) is 0 Å². The van der Waals surface area contributed by atoms with Gasteiger partial charge in [-0.25, -0.2) is 13.1 Å². The lowest BCUT2D eigenvalue weighted by molar-refractivity contribution is 0.340. The quantitative estimate of drug-likeness (QED) is 0.791. The minimum Gasteiger partial charge on any atom is -0.497 e. The molecule has 0 atom stereocenters. The minimum atomic E-state index is -3.74. The molecule has 0 bridgehead atoms. The maximum Gasteiger partial charge on any atom is 0.244 e. The molecule has 0 unspecified atom stereocenters. The molecular weight excluding hydrogens is 330 g/mol. The number of hydrogen-bond donors (Lipinski definition) is 1. The highest BCUT2D eigenvalue weighted by atomic mass is 32.2. The van der Waals surface area contributed by atoms with Crippen LogP contribution in [0.2, 0.25) is 0 Å². The van der Waals surface area contributed by atoms with Gasteiger partial charge in [-0.1, -0.05) is 12.1 Å². The Morgan fingerprint density at radius 2 is 1.62 bits per heavy atom. The number of nitrogens with one attached hydrogen (secondary N) is 1. The van der Waals surface area contributed by atoms with Gasteiger partial charge >= 0.3 is 0 Å². The van der Waals surface area contributed by atoms with Crippen molar-refractivity contribution in [3.8, 4) is 17.2 Å². The van der Waals surface area contributed by atoms with Gasteiger partial charge in [0, 0.05) is 12.6 Å². The molecule has 0 fully saturated rings. The van der Waals surface area contributed by atoms with E-state index in [1.807, 2.05) is 19.1 Å². The molecule has 2 aromatic carbocycles. The Balaban J connectivity index is 2.16. The smallest absolute Gasteiger partial charge is 0.244 e. The zero-order chi connectivity index (χ0) is 17.6. The first kappa shape index (κ1) is 18.1. The lowest BCUT2D eigenvalue weighted by Crippen LogP contribution is -2.23. The summed E-state index contributed by atoms with van der Waals surface area (Å²) in [4.78, 5) is 0.0373. The van der Waals surface area contributed by atoms with Crippen LogP contribution in [-0.4, -0.2) is 29.2 Å². The third kappa shape index (κ3) is 4.39. The predicted molar refractivity (Wildman–Crippen MR) is 91.2 cm³/mol. The molecule has 0 amide bonds. The summed E-state index contributed by atoms with van der Waals surface area (Å²) in [6.07, 6.45) is 0. The van der Waals surface area contributed by atoms with E-state index in [0.717, 1.165) is 11.3 Å². The molecule has 24 heavy (non-hydrogen) atoms. The lowest BCUT2D eigenvalue weighted by atomic mass is 10.2. The van der Waals surface area contributed by atoms with Gasteiger partial charge < -0.3 is 14.2 Å². The summed E-state index contributed by atoms with van der Waals surface area (Å²) in [6.45, 7) is 2.65. The zero-order valence-corrected chi connectivity index (χ0v) is 14.7. The van der Waals surface area contributed by atoms with Crippen molar-refractivity contribution < 1.29 is 22.6 Å². The van der Waals surface area contributed by atoms with Gasteiger partial charge in [0.05, 0.1) is 20.8 Å².